The van der Waals surface area contributed by atoms with Crippen molar-refractivity contribution in [1.29, 1.82) is 0 Å². The molecule has 2 N–H and O–H groups in total. The molecule has 6 amide bonds. The van der Waals surface area contributed by atoms with Crippen molar-refractivity contribution >= 4 is 53.2 Å². The largest absolute Gasteiger partial charge is 1.00 e. The third-order valence-electron chi connectivity index (χ3n) is 7.37. The van der Waals surface area contributed by atoms with Crippen LogP contribution in [-0.4, -0.2) is 108 Å². The van der Waals surface area contributed by atoms with E-state index in [-0.39, 0.29) is 67.6 Å². The number of hydrogen-bond donors (Lipinski definition) is 2. The number of carbonyl (C=O) groups excluding carboxylic acids is 7. The number of nitrogens with zero attached hydrogens (tertiary/aromatic N) is 4. The summed E-state index contributed by atoms with van der Waals surface area (Å²) >= 11 is 0. The second-order valence-electron chi connectivity index (χ2n) is 9.81. The van der Waals surface area contributed by atoms with Gasteiger partial charge in [0, 0.05) is 13.1 Å². The summed E-state index contributed by atoms with van der Waals surface area (Å²) in [5, 5.41) is 18.1. The van der Waals surface area contributed by atoms with Crippen molar-refractivity contribution in [2.45, 2.75) is 48.6 Å². The van der Waals surface area contributed by atoms with Gasteiger partial charge >= 0.3 is 41.4 Å². The number of hydrogen-bond acceptors (Lipinski definition) is 9. The van der Waals surface area contributed by atoms with Crippen LogP contribution in [0.15, 0.2) is 30.3 Å². The Balaban J connectivity index is 0.00000462. The Kier molecular flexibility index (Phi) is 9.32. The Morgan fingerprint density at radius 1 is 1.15 bits per heavy atom. The number of aliphatic carboxylic acids is 1. The van der Waals surface area contributed by atoms with Crippen molar-refractivity contribution < 1.29 is 72.4 Å². The van der Waals surface area contributed by atoms with E-state index in [0.717, 1.165) is 10.0 Å². The summed E-state index contributed by atoms with van der Waals surface area (Å²) in [4.78, 5) is 88.1. The fourth-order valence-electron chi connectivity index (χ4n) is 5.44. The molecule has 3 saturated heterocycles. The Hall–Kier alpha value is -3.34. The molecule has 0 aliphatic carbocycles. The van der Waals surface area contributed by atoms with Gasteiger partial charge in [-0.3, -0.25) is 37.9 Å². The fourth-order valence-corrected chi connectivity index (χ4v) is 7.55. The molecule has 17 heteroatoms. The minimum absolute atomic E-state index is 0. The standard InChI is InChI=1S/C24H28N6O9S.Na/c1-4-27-10-11-28(21(36)20(27)35)29(13-32)15(14-8-6-5-7-9-14)18(33)26-16-19(34)30-17(22(37)38)23(2,3)40(39)24(16,30)25-12-31;/h5-9,12-13,15-17H,4,10-11H2,1-3H3,(H,25,31)(H,26,33)(H,37,38);/q;+1/p-1/t15?,16-,17-,24?,40?;/m0./s1. The first kappa shape index (κ1) is 32.2. The molecule has 0 saturated carbocycles. The van der Waals surface area contributed by atoms with Crippen LogP contribution in [0.25, 0.3) is 0 Å². The van der Waals surface area contributed by atoms with E-state index >= 15 is 0 Å². The van der Waals surface area contributed by atoms with Gasteiger partial charge < -0.3 is 25.4 Å². The van der Waals surface area contributed by atoms with Gasteiger partial charge in [-0.15, -0.1) is 0 Å². The zero-order chi connectivity index (χ0) is 29.6. The number of carboxylic acid groups (broad SMARTS) is 1. The van der Waals surface area contributed by atoms with Crippen LogP contribution >= 0.6 is 0 Å². The third-order valence-corrected chi connectivity index (χ3v) is 9.66. The number of carbonyl (C=O) groups is 7. The average molecular weight is 599 g/mol. The third kappa shape index (κ3) is 4.81. The van der Waals surface area contributed by atoms with Gasteiger partial charge in [0.2, 0.25) is 23.7 Å². The summed E-state index contributed by atoms with van der Waals surface area (Å²) in [5.74, 6) is -5.59. The summed E-state index contributed by atoms with van der Waals surface area (Å²) < 4.78 is 12.0. The van der Waals surface area contributed by atoms with Crippen LogP contribution in [0.5, 0.6) is 0 Å². The second-order valence-corrected chi connectivity index (χ2v) is 12.0. The summed E-state index contributed by atoms with van der Waals surface area (Å²) in [6.45, 7) is 4.57. The van der Waals surface area contributed by atoms with Gasteiger partial charge in [-0.1, -0.05) is 30.3 Å². The number of fused-ring (bicyclic) bond motifs is 1. The molecule has 214 valence electrons. The molecule has 5 atom stereocenters. The minimum Gasteiger partial charge on any atom is -0.548 e. The number of likely N-dealkylation sites (N-methyl/N-ethyl adjacent to an activating group) is 1. The number of benzene rings is 1. The molecule has 0 spiro atoms. The van der Waals surface area contributed by atoms with E-state index in [1.807, 2.05) is 0 Å². The SMILES string of the molecule is CCN1CCN(N(C=O)C(C(=O)N[C@H]2C(=O)N3[C@@H](C(=O)[O-])C(C)(C)S(=O)C23NC=O)c2ccccc2)C(=O)C1=O.[Na+]. The molecule has 0 radical (unpaired) electrons. The predicted octanol–water partition coefficient (Wildman–Crippen LogP) is -6.82. The maximum absolute atomic E-state index is 13.8. The second kappa shape index (κ2) is 11.9. The van der Waals surface area contributed by atoms with Gasteiger partial charge in [0.25, 0.3) is 5.91 Å². The van der Waals surface area contributed by atoms with Gasteiger partial charge in [-0.2, -0.15) is 0 Å². The molecular weight excluding hydrogens is 571 g/mol. The van der Waals surface area contributed by atoms with Crippen LogP contribution in [0, 0.1) is 0 Å². The smallest absolute Gasteiger partial charge is 0.548 e. The van der Waals surface area contributed by atoms with E-state index in [1.165, 1.54) is 30.9 Å². The number of carboxylic acids is 1. The van der Waals surface area contributed by atoms with Gasteiger partial charge in [-0.05, 0) is 26.3 Å². The molecule has 1 aromatic rings. The van der Waals surface area contributed by atoms with Crippen molar-refractivity contribution in [1.82, 2.24) is 30.5 Å². The maximum Gasteiger partial charge on any atom is 1.00 e. The van der Waals surface area contributed by atoms with Crippen molar-refractivity contribution in [3.8, 4) is 0 Å². The topological polar surface area (TPSA) is 197 Å². The van der Waals surface area contributed by atoms with Crippen LogP contribution in [0.2, 0.25) is 0 Å². The molecule has 3 aliphatic heterocycles. The van der Waals surface area contributed by atoms with Crippen LogP contribution in [0.4, 0.5) is 0 Å². The summed E-state index contributed by atoms with van der Waals surface area (Å²) in [5.41, 5.74) is 0.201. The Morgan fingerprint density at radius 3 is 2.32 bits per heavy atom. The number of nitrogens with one attached hydrogen (secondary N) is 2. The molecule has 0 aromatic heterocycles. The van der Waals surface area contributed by atoms with Crippen LogP contribution in [-0.2, 0) is 44.4 Å². The van der Waals surface area contributed by atoms with Crippen molar-refractivity contribution in [2.24, 2.45) is 0 Å². The van der Waals surface area contributed by atoms with E-state index in [4.69, 9.17) is 0 Å². The molecule has 0 bridgehead atoms. The van der Waals surface area contributed by atoms with Gasteiger partial charge in [0.1, 0.15) is 0 Å². The normalized spacial score (nSPS) is 27.1. The molecule has 4 rings (SSSR count). The van der Waals surface area contributed by atoms with E-state index in [1.54, 1.807) is 25.1 Å². The first-order valence-electron chi connectivity index (χ1n) is 12.3. The minimum atomic E-state index is -2.26. The van der Waals surface area contributed by atoms with Gasteiger partial charge in [0.15, 0.2) is 12.1 Å². The number of amides is 6. The van der Waals surface area contributed by atoms with Crippen LogP contribution in [0.3, 0.4) is 0 Å². The summed E-state index contributed by atoms with van der Waals surface area (Å²) in [6.07, 6.45) is 0.329. The van der Waals surface area contributed by atoms with Crippen LogP contribution in [0.1, 0.15) is 32.4 Å². The zero-order valence-corrected chi connectivity index (χ0v) is 25.6. The summed E-state index contributed by atoms with van der Waals surface area (Å²) in [7, 11) is -2.26. The molecule has 15 nitrogen and oxygen atoms in total. The van der Waals surface area contributed by atoms with Crippen molar-refractivity contribution in [3.63, 3.8) is 0 Å². The fraction of sp³-hybridized carbons (Fsp3) is 0.458. The van der Waals surface area contributed by atoms with E-state index in [2.05, 4.69) is 10.6 Å². The zero-order valence-electron chi connectivity index (χ0n) is 22.8. The molecule has 3 unspecified atom stereocenters. The molecular formula is C24H27N6NaO9S. The number of rotatable bonds is 10. The number of β-lactam (4-membered cyclic amide) rings is 1. The van der Waals surface area contributed by atoms with E-state index < -0.39 is 68.3 Å². The Morgan fingerprint density at radius 2 is 1.78 bits per heavy atom. The number of hydrazine groups is 1. The van der Waals surface area contributed by atoms with Gasteiger partial charge in [0.05, 0.1) is 34.1 Å². The Bertz CT molecular complexity index is 1310. The maximum atomic E-state index is 13.8. The average Bonchev–Trinajstić information content (AvgIpc) is 3.08. The molecule has 3 aliphatic rings. The van der Waals surface area contributed by atoms with Crippen LogP contribution < -0.4 is 45.3 Å². The molecule has 3 heterocycles. The number of piperazine rings is 1. The molecule has 41 heavy (non-hydrogen) atoms. The first-order valence-corrected chi connectivity index (χ1v) is 13.4. The quantitative estimate of drug-likeness (QED) is 0.114. The van der Waals surface area contributed by atoms with Crippen molar-refractivity contribution in [2.75, 3.05) is 19.6 Å². The molecule has 1 aromatic carbocycles. The first-order chi connectivity index (χ1) is 18.9. The Labute approximate surface area is 259 Å². The van der Waals surface area contributed by atoms with Gasteiger partial charge in [-0.25, -0.2) is 10.0 Å². The van der Waals surface area contributed by atoms with E-state index in [9.17, 15) is 42.9 Å². The molecule has 3 fully saturated rings. The summed E-state index contributed by atoms with van der Waals surface area (Å²) in [6, 6.07) is 2.76. The van der Waals surface area contributed by atoms with E-state index in [0.29, 0.717) is 4.90 Å². The monoisotopic (exact) mass is 598 g/mol. The van der Waals surface area contributed by atoms with Crippen molar-refractivity contribution in [3.05, 3.63) is 35.9 Å². The predicted molar refractivity (Wildman–Crippen MR) is 133 cm³/mol.